The first kappa shape index (κ1) is 11.9. The van der Waals surface area contributed by atoms with Crippen LogP contribution in [0.4, 0.5) is 10.1 Å². The molecule has 0 aliphatic carbocycles. The van der Waals surface area contributed by atoms with Crippen molar-refractivity contribution in [3.8, 4) is 0 Å². The van der Waals surface area contributed by atoms with Crippen molar-refractivity contribution in [3.05, 3.63) is 29.6 Å². The van der Waals surface area contributed by atoms with Crippen LogP contribution in [0.3, 0.4) is 0 Å². The van der Waals surface area contributed by atoms with Crippen LogP contribution in [0.15, 0.2) is 18.2 Å². The number of benzene rings is 1. The number of carbonyl (C=O) groups excluding carboxylic acids is 1. The van der Waals surface area contributed by atoms with Crippen LogP contribution >= 0.6 is 0 Å². The smallest absolute Gasteiger partial charge is 0.222 e. The highest BCUT2D eigenvalue weighted by atomic mass is 19.1. The molecule has 1 unspecified atom stereocenters. The molecular weight excluding hydrogens is 221 g/mol. The summed E-state index contributed by atoms with van der Waals surface area (Å²) >= 11 is 0. The number of nitrogens with zero attached hydrogens (tertiary/aromatic N) is 1. The molecule has 1 fully saturated rings. The summed E-state index contributed by atoms with van der Waals surface area (Å²) in [7, 11) is 0. The van der Waals surface area contributed by atoms with E-state index in [4.69, 9.17) is 11.5 Å². The maximum Gasteiger partial charge on any atom is 0.222 e. The van der Waals surface area contributed by atoms with Gasteiger partial charge in [-0.25, -0.2) is 4.39 Å². The van der Waals surface area contributed by atoms with Crippen molar-refractivity contribution >= 4 is 11.6 Å². The summed E-state index contributed by atoms with van der Waals surface area (Å²) in [5.41, 5.74) is 12.3. The van der Waals surface area contributed by atoms with Gasteiger partial charge in [-0.15, -0.1) is 0 Å². The lowest BCUT2D eigenvalue weighted by Gasteiger charge is -2.19. The Bertz CT molecular complexity index is 436. The number of halogens is 1. The number of amides is 1. The van der Waals surface area contributed by atoms with Gasteiger partial charge in [-0.2, -0.15) is 0 Å². The summed E-state index contributed by atoms with van der Waals surface area (Å²) in [5.74, 6) is -0.729. The molecule has 0 bridgehead atoms. The van der Waals surface area contributed by atoms with E-state index in [1.165, 1.54) is 12.1 Å². The fraction of sp³-hybridized carbons (Fsp3) is 0.417. The molecule has 1 aromatic carbocycles. The molecule has 1 aliphatic rings. The zero-order valence-corrected chi connectivity index (χ0v) is 9.53. The standard InChI is InChI=1S/C12H16FN3O/c13-10-3-8(6-14)4-11(5-10)16-2-1-9(7-16)12(15)17/h3-5,9H,1-2,6-7,14H2,(H2,15,17). The van der Waals surface area contributed by atoms with Crippen molar-refractivity contribution in [2.45, 2.75) is 13.0 Å². The normalized spacial score (nSPS) is 19.6. The largest absolute Gasteiger partial charge is 0.371 e. The molecule has 1 aliphatic heterocycles. The number of carbonyl (C=O) groups is 1. The van der Waals surface area contributed by atoms with Crippen LogP contribution in [-0.2, 0) is 11.3 Å². The average Bonchev–Trinajstić information content (AvgIpc) is 2.77. The van der Waals surface area contributed by atoms with Crippen LogP contribution in [0.5, 0.6) is 0 Å². The summed E-state index contributed by atoms with van der Waals surface area (Å²) in [6.07, 6.45) is 0.726. The lowest BCUT2D eigenvalue weighted by Crippen LogP contribution is -2.27. The molecule has 17 heavy (non-hydrogen) atoms. The molecule has 5 heteroatoms. The molecule has 0 radical (unpaired) electrons. The Morgan fingerprint density at radius 1 is 1.47 bits per heavy atom. The predicted octanol–water partition coefficient (Wildman–Crippen LogP) is 0.596. The van der Waals surface area contributed by atoms with Crippen molar-refractivity contribution < 1.29 is 9.18 Å². The van der Waals surface area contributed by atoms with Crippen molar-refractivity contribution in [3.63, 3.8) is 0 Å². The molecule has 1 heterocycles. The van der Waals surface area contributed by atoms with Gasteiger partial charge in [0.2, 0.25) is 5.91 Å². The summed E-state index contributed by atoms with van der Waals surface area (Å²) in [6, 6.07) is 4.74. The topological polar surface area (TPSA) is 72.3 Å². The number of rotatable bonds is 3. The lowest BCUT2D eigenvalue weighted by molar-refractivity contribution is -0.121. The Morgan fingerprint density at radius 2 is 2.24 bits per heavy atom. The molecule has 92 valence electrons. The first-order chi connectivity index (χ1) is 8.10. The molecule has 0 aromatic heterocycles. The van der Waals surface area contributed by atoms with Crippen LogP contribution in [0, 0.1) is 11.7 Å². The van der Waals surface area contributed by atoms with Crippen LogP contribution in [0.25, 0.3) is 0 Å². The minimum absolute atomic E-state index is 0.139. The van der Waals surface area contributed by atoms with Crippen LogP contribution < -0.4 is 16.4 Å². The van der Waals surface area contributed by atoms with Gasteiger partial charge in [-0.1, -0.05) is 0 Å². The SMILES string of the molecule is NCc1cc(F)cc(N2CCC(C(N)=O)C2)c1. The number of nitrogens with two attached hydrogens (primary N) is 2. The number of primary amides is 1. The molecule has 2 rings (SSSR count). The fourth-order valence-electron chi connectivity index (χ4n) is 2.16. The van der Waals surface area contributed by atoms with Gasteiger partial charge in [0.1, 0.15) is 5.82 Å². The summed E-state index contributed by atoms with van der Waals surface area (Å²) < 4.78 is 13.3. The quantitative estimate of drug-likeness (QED) is 0.808. The minimum atomic E-state index is -0.300. The monoisotopic (exact) mass is 237 g/mol. The highest BCUT2D eigenvalue weighted by Gasteiger charge is 2.26. The van der Waals surface area contributed by atoms with E-state index >= 15 is 0 Å². The van der Waals surface area contributed by atoms with Gasteiger partial charge < -0.3 is 16.4 Å². The van der Waals surface area contributed by atoms with Gasteiger partial charge in [0.25, 0.3) is 0 Å². The van der Waals surface area contributed by atoms with E-state index in [2.05, 4.69) is 0 Å². The Balaban J connectivity index is 2.18. The second kappa shape index (κ2) is 4.71. The number of hydrogen-bond acceptors (Lipinski definition) is 3. The third kappa shape index (κ3) is 2.55. The van der Waals surface area contributed by atoms with Gasteiger partial charge in [0.05, 0.1) is 5.92 Å². The third-order valence-electron chi connectivity index (χ3n) is 3.13. The van der Waals surface area contributed by atoms with Crippen LogP contribution in [-0.4, -0.2) is 19.0 Å². The molecule has 0 saturated carbocycles. The molecule has 1 saturated heterocycles. The lowest BCUT2D eigenvalue weighted by atomic mass is 10.1. The highest BCUT2D eigenvalue weighted by Crippen LogP contribution is 2.25. The van der Waals surface area contributed by atoms with Crippen LogP contribution in [0.1, 0.15) is 12.0 Å². The van der Waals surface area contributed by atoms with Gasteiger partial charge in [0, 0.05) is 25.3 Å². The zero-order valence-electron chi connectivity index (χ0n) is 9.53. The van der Waals surface area contributed by atoms with Crippen molar-refractivity contribution in [1.82, 2.24) is 0 Å². The summed E-state index contributed by atoms with van der Waals surface area (Å²) in [5, 5.41) is 0. The molecule has 1 amide bonds. The molecule has 1 atom stereocenters. The van der Waals surface area contributed by atoms with E-state index in [-0.39, 0.29) is 17.6 Å². The molecular formula is C12H16FN3O. The van der Waals surface area contributed by atoms with Gasteiger partial charge in [-0.05, 0) is 30.2 Å². The predicted molar refractivity (Wildman–Crippen MR) is 63.8 cm³/mol. The van der Waals surface area contributed by atoms with Crippen molar-refractivity contribution in [1.29, 1.82) is 0 Å². The number of hydrogen-bond donors (Lipinski definition) is 2. The highest BCUT2D eigenvalue weighted by molar-refractivity contribution is 5.78. The Morgan fingerprint density at radius 3 is 2.82 bits per heavy atom. The van der Waals surface area contributed by atoms with E-state index in [1.807, 2.05) is 11.0 Å². The van der Waals surface area contributed by atoms with E-state index in [0.29, 0.717) is 13.1 Å². The molecule has 4 N–H and O–H groups in total. The average molecular weight is 237 g/mol. The molecule has 1 aromatic rings. The fourth-order valence-corrected chi connectivity index (χ4v) is 2.16. The van der Waals surface area contributed by atoms with E-state index in [9.17, 15) is 9.18 Å². The summed E-state index contributed by atoms with van der Waals surface area (Å²) in [6.45, 7) is 1.59. The Hall–Kier alpha value is -1.62. The second-order valence-corrected chi connectivity index (χ2v) is 4.36. The molecule has 4 nitrogen and oxygen atoms in total. The van der Waals surface area contributed by atoms with Gasteiger partial charge in [0.15, 0.2) is 0 Å². The maximum absolute atomic E-state index is 13.3. The Labute approximate surface area is 99.4 Å². The summed E-state index contributed by atoms with van der Waals surface area (Å²) in [4.78, 5) is 13.0. The third-order valence-corrected chi connectivity index (χ3v) is 3.13. The van der Waals surface area contributed by atoms with Crippen LogP contribution in [0.2, 0.25) is 0 Å². The maximum atomic E-state index is 13.3. The van der Waals surface area contributed by atoms with E-state index in [0.717, 1.165) is 24.2 Å². The van der Waals surface area contributed by atoms with E-state index < -0.39 is 0 Å². The second-order valence-electron chi connectivity index (χ2n) is 4.36. The first-order valence-electron chi connectivity index (χ1n) is 5.64. The zero-order chi connectivity index (χ0) is 12.4. The first-order valence-corrected chi connectivity index (χ1v) is 5.64. The number of anilines is 1. The van der Waals surface area contributed by atoms with Crippen molar-refractivity contribution in [2.75, 3.05) is 18.0 Å². The minimum Gasteiger partial charge on any atom is -0.371 e. The van der Waals surface area contributed by atoms with Crippen molar-refractivity contribution in [2.24, 2.45) is 17.4 Å². The molecule has 0 spiro atoms. The van der Waals surface area contributed by atoms with E-state index in [1.54, 1.807) is 0 Å². The Kier molecular flexibility index (Phi) is 3.28. The van der Waals surface area contributed by atoms with Gasteiger partial charge >= 0.3 is 0 Å². The van der Waals surface area contributed by atoms with Gasteiger partial charge in [-0.3, -0.25) is 4.79 Å².